The highest BCUT2D eigenvalue weighted by Gasteiger charge is 2.30. The third kappa shape index (κ3) is 2.78. The number of hydrogen-bond acceptors (Lipinski definition) is 6. The van der Waals surface area contributed by atoms with Gasteiger partial charge in [0.15, 0.2) is 4.90 Å². The molecule has 1 fully saturated rings. The molecule has 0 aromatic heterocycles. The Morgan fingerprint density at radius 3 is 2.71 bits per heavy atom. The summed E-state index contributed by atoms with van der Waals surface area (Å²) >= 11 is 0. The van der Waals surface area contributed by atoms with Crippen LogP contribution in [0.3, 0.4) is 0 Å². The van der Waals surface area contributed by atoms with Crippen molar-refractivity contribution in [2.45, 2.75) is 11.0 Å². The summed E-state index contributed by atoms with van der Waals surface area (Å²) in [4.78, 5) is 9.48. The summed E-state index contributed by atoms with van der Waals surface area (Å²) in [6, 6.07) is 5.04. The fourth-order valence-electron chi connectivity index (χ4n) is 1.21. The lowest BCUT2D eigenvalue weighted by molar-refractivity contribution is -0.387. The van der Waals surface area contributed by atoms with Crippen LogP contribution in [0.1, 0.15) is 0 Å². The molecule has 1 unspecified atom stereocenters. The molecule has 0 saturated carbocycles. The maximum absolute atomic E-state index is 11.7. The van der Waals surface area contributed by atoms with E-state index >= 15 is 0 Å². The van der Waals surface area contributed by atoms with Gasteiger partial charge in [-0.1, -0.05) is 12.1 Å². The molecule has 1 aromatic carbocycles. The first-order chi connectivity index (χ1) is 8.00. The van der Waals surface area contributed by atoms with Gasteiger partial charge in [-0.3, -0.25) is 14.3 Å². The van der Waals surface area contributed by atoms with Gasteiger partial charge in [-0.05, 0) is 6.07 Å². The van der Waals surface area contributed by atoms with Crippen LogP contribution in [0, 0.1) is 10.1 Å². The number of epoxide rings is 1. The van der Waals surface area contributed by atoms with Gasteiger partial charge in [-0.2, -0.15) is 8.42 Å². The van der Waals surface area contributed by atoms with Gasteiger partial charge in [0.1, 0.15) is 6.10 Å². The highest BCUT2D eigenvalue weighted by Crippen LogP contribution is 2.25. The summed E-state index contributed by atoms with van der Waals surface area (Å²) in [5.41, 5.74) is -0.496. The number of rotatable bonds is 5. The fourth-order valence-corrected chi connectivity index (χ4v) is 2.31. The highest BCUT2D eigenvalue weighted by molar-refractivity contribution is 7.87. The molecule has 8 heteroatoms. The zero-order valence-corrected chi connectivity index (χ0v) is 9.42. The van der Waals surface area contributed by atoms with E-state index in [9.17, 15) is 18.5 Å². The summed E-state index contributed by atoms with van der Waals surface area (Å²) in [7, 11) is -4.11. The summed E-state index contributed by atoms with van der Waals surface area (Å²) < 4.78 is 32.9. The first-order valence-corrected chi connectivity index (χ1v) is 6.16. The second kappa shape index (κ2) is 4.40. The molecule has 0 amide bonds. The van der Waals surface area contributed by atoms with E-state index in [1.165, 1.54) is 12.1 Å². The van der Waals surface area contributed by atoms with Crippen molar-refractivity contribution in [1.82, 2.24) is 0 Å². The summed E-state index contributed by atoms with van der Waals surface area (Å²) in [5, 5.41) is 10.7. The monoisotopic (exact) mass is 259 g/mol. The van der Waals surface area contributed by atoms with Gasteiger partial charge in [-0.15, -0.1) is 0 Å². The normalized spacial score (nSPS) is 18.9. The van der Waals surface area contributed by atoms with E-state index in [-0.39, 0.29) is 12.7 Å². The average molecular weight is 259 g/mol. The molecule has 0 spiro atoms. The van der Waals surface area contributed by atoms with Gasteiger partial charge in [0.25, 0.3) is 5.69 Å². The number of hydrogen-bond donors (Lipinski definition) is 0. The zero-order chi connectivity index (χ0) is 12.5. The van der Waals surface area contributed by atoms with Gasteiger partial charge in [0, 0.05) is 6.07 Å². The van der Waals surface area contributed by atoms with Crippen LogP contribution in [0.2, 0.25) is 0 Å². The number of ether oxygens (including phenoxy) is 1. The number of nitrogens with zero attached hydrogens (tertiary/aromatic N) is 1. The highest BCUT2D eigenvalue weighted by atomic mass is 32.2. The molecule has 92 valence electrons. The Morgan fingerprint density at radius 1 is 1.47 bits per heavy atom. The Labute approximate surface area is 97.2 Å². The van der Waals surface area contributed by atoms with Crippen LogP contribution in [-0.2, 0) is 19.0 Å². The summed E-state index contributed by atoms with van der Waals surface area (Å²) in [5.74, 6) is 0. The maximum atomic E-state index is 11.7. The summed E-state index contributed by atoms with van der Waals surface area (Å²) in [6.07, 6.45) is -0.229. The topological polar surface area (TPSA) is 99.0 Å². The molecule has 17 heavy (non-hydrogen) atoms. The van der Waals surface area contributed by atoms with Crippen molar-refractivity contribution in [2.75, 3.05) is 13.2 Å². The Balaban J connectivity index is 2.27. The number of nitro groups is 1. The Hall–Kier alpha value is -1.51. The maximum Gasteiger partial charge on any atom is 0.303 e. The lowest BCUT2D eigenvalue weighted by Crippen LogP contribution is -2.12. The van der Waals surface area contributed by atoms with Crippen LogP contribution in [0.5, 0.6) is 0 Å². The number of para-hydroxylation sites is 1. The summed E-state index contributed by atoms with van der Waals surface area (Å²) in [6.45, 7) is 0.334. The SMILES string of the molecule is O=[N+]([O-])c1ccccc1S(=O)(=O)OCC1CO1. The Bertz CT molecular complexity index is 536. The molecule has 1 aromatic rings. The molecule has 0 radical (unpaired) electrons. The molecular formula is C9H9NO6S. The molecule has 0 aliphatic carbocycles. The molecule has 7 nitrogen and oxygen atoms in total. The molecular weight excluding hydrogens is 250 g/mol. The number of benzene rings is 1. The van der Waals surface area contributed by atoms with Crippen LogP contribution < -0.4 is 0 Å². The van der Waals surface area contributed by atoms with Gasteiger partial charge >= 0.3 is 10.1 Å². The van der Waals surface area contributed by atoms with E-state index in [0.717, 1.165) is 12.1 Å². The third-order valence-corrected chi connectivity index (χ3v) is 3.47. The second-order valence-electron chi connectivity index (χ2n) is 3.42. The van der Waals surface area contributed by atoms with E-state index < -0.39 is 25.6 Å². The Kier molecular flexibility index (Phi) is 3.09. The fraction of sp³-hybridized carbons (Fsp3) is 0.333. The predicted octanol–water partition coefficient (Wildman–Crippen LogP) is 0.699. The molecule has 2 rings (SSSR count). The van der Waals surface area contributed by atoms with Gasteiger partial charge in [0.05, 0.1) is 18.1 Å². The zero-order valence-electron chi connectivity index (χ0n) is 8.61. The molecule has 1 aliphatic rings. The molecule has 0 bridgehead atoms. The lowest BCUT2D eigenvalue weighted by Gasteiger charge is -2.04. The standard InChI is InChI=1S/C9H9NO6S/c11-10(12)8-3-1-2-4-9(8)17(13,14)16-6-7-5-15-7/h1-4,7H,5-6H2. The van der Waals surface area contributed by atoms with E-state index in [2.05, 4.69) is 4.18 Å². The quantitative estimate of drug-likeness (QED) is 0.334. The number of nitro benzene ring substituents is 1. The first kappa shape index (κ1) is 12.0. The Morgan fingerprint density at radius 2 is 2.12 bits per heavy atom. The molecule has 1 aliphatic heterocycles. The molecule has 1 heterocycles. The molecule has 0 N–H and O–H groups in total. The van der Waals surface area contributed by atoms with Crippen LogP contribution in [-0.4, -0.2) is 32.7 Å². The third-order valence-electron chi connectivity index (χ3n) is 2.14. The van der Waals surface area contributed by atoms with Crippen LogP contribution >= 0.6 is 0 Å². The van der Waals surface area contributed by atoms with Crippen molar-refractivity contribution >= 4 is 15.8 Å². The van der Waals surface area contributed by atoms with Crippen LogP contribution in [0.15, 0.2) is 29.2 Å². The van der Waals surface area contributed by atoms with Crippen molar-refractivity contribution in [3.8, 4) is 0 Å². The predicted molar refractivity (Wildman–Crippen MR) is 56.0 cm³/mol. The first-order valence-electron chi connectivity index (χ1n) is 4.75. The van der Waals surface area contributed by atoms with E-state index in [4.69, 9.17) is 4.74 Å². The minimum absolute atomic E-state index is 0.117. The van der Waals surface area contributed by atoms with Gasteiger partial charge in [-0.25, -0.2) is 0 Å². The minimum Gasteiger partial charge on any atom is -0.371 e. The second-order valence-corrected chi connectivity index (χ2v) is 5.00. The largest absolute Gasteiger partial charge is 0.371 e. The smallest absolute Gasteiger partial charge is 0.303 e. The van der Waals surface area contributed by atoms with Crippen LogP contribution in [0.25, 0.3) is 0 Å². The van der Waals surface area contributed by atoms with Crippen molar-refractivity contribution in [1.29, 1.82) is 0 Å². The lowest BCUT2D eigenvalue weighted by atomic mass is 10.3. The van der Waals surface area contributed by atoms with Crippen LogP contribution in [0.4, 0.5) is 5.69 Å². The van der Waals surface area contributed by atoms with Gasteiger partial charge < -0.3 is 4.74 Å². The van der Waals surface area contributed by atoms with Crippen molar-refractivity contribution < 1.29 is 22.3 Å². The average Bonchev–Trinajstić information content (AvgIpc) is 3.10. The van der Waals surface area contributed by atoms with Crippen molar-refractivity contribution in [3.05, 3.63) is 34.4 Å². The van der Waals surface area contributed by atoms with Gasteiger partial charge in [0.2, 0.25) is 0 Å². The van der Waals surface area contributed by atoms with E-state index in [0.29, 0.717) is 6.61 Å². The van der Waals surface area contributed by atoms with E-state index in [1.807, 2.05) is 0 Å². The van der Waals surface area contributed by atoms with Crippen molar-refractivity contribution in [2.24, 2.45) is 0 Å². The molecule has 1 saturated heterocycles. The minimum atomic E-state index is -4.11. The van der Waals surface area contributed by atoms with Crippen molar-refractivity contribution in [3.63, 3.8) is 0 Å². The molecule has 1 atom stereocenters. The van der Waals surface area contributed by atoms with E-state index in [1.54, 1.807) is 0 Å².